The van der Waals surface area contributed by atoms with Crippen LogP contribution in [-0.2, 0) is 0 Å². The van der Waals surface area contributed by atoms with Gasteiger partial charge in [0.05, 0.1) is 0 Å². The molecule has 1 fully saturated rings. The van der Waals surface area contributed by atoms with Gasteiger partial charge in [0.25, 0.3) is 0 Å². The van der Waals surface area contributed by atoms with Crippen molar-refractivity contribution in [2.75, 3.05) is 6.54 Å². The minimum absolute atomic E-state index is 0.803. The van der Waals surface area contributed by atoms with Gasteiger partial charge in [-0.1, -0.05) is 52.9 Å². The van der Waals surface area contributed by atoms with Gasteiger partial charge in [-0.05, 0) is 57.9 Å². The minimum Gasteiger partial charge on any atom is -0.298 e. The van der Waals surface area contributed by atoms with E-state index in [1.54, 1.807) is 0 Å². The van der Waals surface area contributed by atoms with Crippen molar-refractivity contribution in [1.82, 2.24) is 4.90 Å². The lowest BCUT2D eigenvalue weighted by molar-refractivity contribution is 0.0924. The second-order valence-corrected chi connectivity index (χ2v) is 7.20. The zero-order chi connectivity index (χ0) is 14.8. The standard InChI is InChI=1S/C19H39N/c1-5-7-9-11-18(4)20(16-10-8-6-2)19-14-12-17(3)13-15-19/h17-19H,5-16H2,1-4H3. The van der Waals surface area contributed by atoms with Crippen molar-refractivity contribution in [1.29, 1.82) is 0 Å². The third-order valence-electron chi connectivity index (χ3n) is 5.27. The van der Waals surface area contributed by atoms with Gasteiger partial charge in [-0.25, -0.2) is 0 Å². The van der Waals surface area contributed by atoms with Crippen molar-refractivity contribution in [2.45, 2.75) is 110 Å². The maximum absolute atomic E-state index is 2.89. The van der Waals surface area contributed by atoms with Crippen LogP contribution in [0.2, 0.25) is 0 Å². The lowest BCUT2D eigenvalue weighted by Gasteiger charge is -2.40. The number of hydrogen-bond acceptors (Lipinski definition) is 1. The topological polar surface area (TPSA) is 3.24 Å². The largest absolute Gasteiger partial charge is 0.298 e. The Balaban J connectivity index is 2.45. The molecule has 0 heterocycles. The molecule has 20 heavy (non-hydrogen) atoms. The van der Waals surface area contributed by atoms with E-state index in [0.717, 1.165) is 18.0 Å². The number of rotatable bonds is 10. The number of unbranched alkanes of at least 4 members (excludes halogenated alkanes) is 4. The SMILES string of the molecule is CCCCCC(C)N(CCCCC)C1CCC(C)CC1. The van der Waals surface area contributed by atoms with E-state index in [-0.39, 0.29) is 0 Å². The second-order valence-electron chi connectivity index (χ2n) is 7.20. The Labute approximate surface area is 128 Å². The van der Waals surface area contributed by atoms with Crippen LogP contribution in [0.25, 0.3) is 0 Å². The summed E-state index contributed by atoms with van der Waals surface area (Å²) in [7, 11) is 0. The molecule has 0 amide bonds. The first-order valence-electron chi connectivity index (χ1n) is 9.44. The van der Waals surface area contributed by atoms with Gasteiger partial charge in [0, 0.05) is 12.1 Å². The van der Waals surface area contributed by atoms with Crippen molar-refractivity contribution in [3.8, 4) is 0 Å². The maximum Gasteiger partial charge on any atom is 0.00982 e. The monoisotopic (exact) mass is 281 g/mol. The average Bonchev–Trinajstić information content (AvgIpc) is 2.45. The van der Waals surface area contributed by atoms with E-state index < -0.39 is 0 Å². The molecular formula is C19H39N. The molecule has 0 radical (unpaired) electrons. The van der Waals surface area contributed by atoms with Crippen LogP contribution >= 0.6 is 0 Å². The highest BCUT2D eigenvalue weighted by molar-refractivity contribution is 4.81. The molecule has 0 N–H and O–H groups in total. The lowest BCUT2D eigenvalue weighted by atomic mass is 9.85. The summed E-state index contributed by atoms with van der Waals surface area (Å²) in [6, 6.07) is 1.69. The normalized spacial score (nSPS) is 25.1. The Morgan fingerprint density at radius 1 is 0.900 bits per heavy atom. The molecule has 1 saturated carbocycles. The van der Waals surface area contributed by atoms with Crippen LogP contribution < -0.4 is 0 Å². The summed E-state index contributed by atoms with van der Waals surface area (Å²) in [4.78, 5) is 2.89. The van der Waals surface area contributed by atoms with E-state index >= 15 is 0 Å². The smallest absolute Gasteiger partial charge is 0.00982 e. The van der Waals surface area contributed by atoms with Gasteiger partial charge < -0.3 is 0 Å². The fourth-order valence-electron chi connectivity index (χ4n) is 3.74. The zero-order valence-electron chi connectivity index (χ0n) is 14.7. The summed E-state index contributed by atoms with van der Waals surface area (Å²) in [5.74, 6) is 0.971. The van der Waals surface area contributed by atoms with Crippen LogP contribution in [0.1, 0.15) is 98.3 Å². The van der Waals surface area contributed by atoms with Gasteiger partial charge in [-0.15, -0.1) is 0 Å². The van der Waals surface area contributed by atoms with Gasteiger partial charge >= 0.3 is 0 Å². The minimum atomic E-state index is 0.803. The molecule has 0 aliphatic heterocycles. The second kappa shape index (κ2) is 10.7. The number of nitrogens with zero attached hydrogens (tertiary/aromatic N) is 1. The van der Waals surface area contributed by atoms with E-state index in [1.807, 2.05) is 0 Å². The third-order valence-corrected chi connectivity index (χ3v) is 5.27. The predicted octanol–water partition coefficient (Wildman–Crippen LogP) is 6.03. The first-order valence-corrected chi connectivity index (χ1v) is 9.44. The summed E-state index contributed by atoms with van der Waals surface area (Å²) in [6.45, 7) is 10.9. The molecule has 0 aromatic rings. The fraction of sp³-hybridized carbons (Fsp3) is 1.00. The highest BCUT2D eigenvalue weighted by Gasteiger charge is 2.26. The highest BCUT2D eigenvalue weighted by atomic mass is 15.2. The molecule has 0 saturated heterocycles. The van der Waals surface area contributed by atoms with Crippen LogP contribution in [0.4, 0.5) is 0 Å². The highest BCUT2D eigenvalue weighted by Crippen LogP contribution is 2.29. The van der Waals surface area contributed by atoms with Crippen LogP contribution in [0.3, 0.4) is 0 Å². The lowest BCUT2D eigenvalue weighted by Crippen LogP contribution is -2.44. The molecule has 1 nitrogen and oxygen atoms in total. The molecular weight excluding hydrogens is 242 g/mol. The van der Waals surface area contributed by atoms with Crippen LogP contribution in [-0.4, -0.2) is 23.5 Å². The van der Waals surface area contributed by atoms with Gasteiger partial charge in [-0.2, -0.15) is 0 Å². The summed E-state index contributed by atoms with van der Waals surface area (Å²) < 4.78 is 0. The molecule has 1 heteroatoms. The Bertz CT molecular complexity index is 218. The molecule has 1 aliphatic rings. The molecule has 1 rings (SSSR count). The molecule has 0 bridgehead atoms. The van der Waals surface area contributed by atoms with Crippen molar-refractivity contribution in [2.24, 2.45) is 5.92 Å². The van der Waals surface area contributed by atoms with Gasteiger partial charge in [0.1, 0.15) is 0 Å². The molecule has 120 valence electrons. The van der Waals surface area contributed by atoms with Crippen molar-refractivity contribution in [3.63, 3.8) is 0 Å². The summed E-state index contributed by atoms with van der Waals surface area (Å²) in [5.41, 5.74) is 0. The van der Waals surface area contributed by atoms with Gasteiger partial charge in [0.2, 0.25) is 0 Å². The van der Waals surface area contributed by atoms with Gasteiger partial charge in [0.15, 0.2) is 0 Å². The quantitative estimate of drug-likeness (QED) is 0.442. The van der Waals surface area contributed by atoms with Crippen LogP contribution in [0.5, 0.6) is 0 Å². The predicted molar refractivity (Wildman–Crippen MR) is 91.3 cm³/mol. The molecule has 0 aromatic carbocycles. The number of hydrogen-bond donors (Lipinski definition) is 0. The Morgan fingerprint density at radius 3 is 2.10 bits per heavy atom. The van der Waals surface area contributed by atoms with E-state index in [9.17, 15) is 0 Å². The molecule has 1 unspecified atom stereocenters. The van der Waals surface area contributed by atoms with Crippen molar-refractivity contribution >= 4 is 0 Å². The summed E-state index contributed by atoms with van der Waals surface area (Å²) in [6.07, 6.45) is 15.6. The Kier molecular flexibility index (Phi) is 9.59. The van der Waals surface area contributed by atoms with Crippen molar-refractivity contribution < 1.29 is 0 Å². The van der Waals surface area contributed by atoms with Crippen LogP contribution in [0, 0.1) is 5.92 Å². The van der Waals surface area contributed by atoms with Gasteiger partial charge in [-0.3, -0.25) is 4.90 Å². The summed E-state index contributed by atoms with van der Waals surface area (Å²) in [5, 5.41) is 0. The van der Waals surface area contributed by atoms with E-state index in [0.29, 0.717) is 0 Å². The van der Waals surface area contributed by atoms with E-state index in [1.165, 1.54) is 77.2 Å². The zero-order valence-corrected chi connectivity index (χ0v) is 14.7. The molecule has 0 spiro atoms. The molecule has 0 aromatic heterocycles. The van der Waals surface area contributed by atoms with Crippen molar-refractivity contribution in [3.05, 3.63) is 0 Å². The third kappa shape index (κ3) is 6.61. The Hall–Kier alpha value is -0.0400. The molecule has 1 atom stereocenters. The summed E-state index contributed by atoms with van der Waals surface area (Å²) >= 11 is 0. The fourth-order valence-corrected chi connectivity index (χ4v) is 3.74. The van der Waals surface area contributed by atoms with E-state index in [2.05, 4.69) is 32.6 Å². The maximum atomic E-state index is 2.89. The van der Waals surface area contributed by atoms with E-state index in [4.69, 9.17) is 0 Å². The average molecular weight is 282 g/mol. The van der Waals surface area contributed by atoms with Crippen LogP contribution in [0.15, 0.2) is 0 Å². The molecule has 1 aliphatic carbocycles. The Morgan fingerprint density at radius 2 is 1.50 bits per heavy atom. The first-order chi connectivity index (χ1) is 9.69. The first kappa shape index (κ1) is 18.0.